The molecule has 6 nitrogen and oxygen atoms in total. The predicted molar refractivity (Wildman–Crippen MR) is 133 cm³/mol. The molecule has 2 aliphatic carbocycles. The van der Waals surface area contributed by atoms with Crippen molar-refractivity contribution in [2.45, 2.75) is 63.7 Å². The number of halogens is 1. The molecule has 34 heavy (non-hydrogen) atoms. The molecule has 3 N–H and O–H groups in total. The lowest BCUT2D eigenvalue weighted by Crippen LogP contribution is -2.26. The Hall–Kier alpha value is -2.86. The third kappa shape index (κ3) is 6.38. The van der Waals surface area contributed by atoms with Gasteiger partial charge in [-0.05, 0) is 67.2 Å². The van der Waals surface area contributed by atoms with Crippen LogP contribution in [0.15, 0.2) is 41.2 Å². The summed E-state index contributed by atoms with van der Waals surface area (Å²) in [5, 5.41) is 11.9. The van der Waals surface area contributed by atoms with E-state index in [-0.39, 0.29) is 30.9 Å². The van der Waals surface area contributed by atoms with Gasteiger partial charge in [0, 0.05) is 34.8 Å². The van der Waals surface area contributed by atoms with Crippen molar-refractivity contribution >= 4 is 29.1 Å². The van der Waals surface area contributed by atoms with Crippen LogP contribution >= 0.6 is 11.6 Å². The van der Waals surface area contributed by atoms with Gasteiger partial charge < -0.3 is 15.4 Å². The highest BCUT2D eigenvalue weighted by Crippen LogP contribution is 2.39. The number of benzene rings is 1. The average Bonchev–Trinajstić information content (AvgIpc) is 3.51. The number of H-pyrrole nitrogens is 1. The van der Waals surface area contributed by atoms with Crippen molar-refractivity contribution < 1.29 is 14.7 Å². The number of rotatable bonds is 10. The van der Waals surface area contributed by atoms with Crippen molar-refractivity contribution in [3.63, 3.8) is 0 Å². The molecule has 1 heterocycles. The van der Waals surface area contributed by atoms with Crippen molar-refractivity contribution in [1.82, 2.24) is 10.3 Å². The Morgan fingerprint density at radius 3 is 2.50 bits per heavy atom. The highest BCUT2D eigenvalue weighted by molar-refractivity contribution is 6.31. The number of allylic oxidation sites excluding steroid dienone is 1. The summed E-state index contributed by atoms with van der Waals surface area (Å²) in [6, 6.07) is 9.82. The van der Waals surface area contributed by atoms with E-state index < -0.39 is 5.97 Å². The van der Waals surface area contributed by atoms with Gasteiger partial charge in [-0.1, -0.05) is 48.7 Å². The van der Waals surface area contributed by atoms with Crippen LogP contribution in [0.5, 0.6) is 0 Å². The second-order valence-corrected chi connectivity index (χ2v) is 9.76. The summed E-state index contributed by atoms with van der Waals surface area (Å²) < 4.78 is 0. The summed E-state index contributed by atoms with van der Waals surface area (Å²) in [4.78, 5) is 38.4. The highest BCUT2D eigenvalue weighted by Gasteiger charge is 2.26. The zero-order chi connectivity index (χ0) is 24.1. The molecule has 1 amide bonds. The van der Waals surface area contributed by atoms with E-state index in [9.17, 15) is 14.4 Å². The molecule has 2 saturated carbocycles. The van der Waals surface area contributed by atoms with Crippen molar-refractivity contribution in [2.24, 2.45) is 5.92 Å². The fourth-order valence-corrected chi connectivity index (χ4v) is 4.90. The van der Waals surface area contributed by atoms with Gasteiger partial charge in [-0.25, -0.2) is 0 Å². The van der Waals surface area contributed by atoms with Crippen LogP contribution in [-0.4, -0.2) is 28.5 Å². The second-order valence-electron chi connectivity index (χ2n) is 9.36. The number of pyridine rings is 1. The third-order valence-corrected chi connectivity index (χ3v) is 7.05. The van der Waals surface area contributed by atoms with Gasteiger partial charge in [0.05, 0.1) is 6.42 Å². The number of amides is 1. The smallest absolute Gasteiger partial charge is 0.305 e. The number of hydrogen-bond acceptors (Lipinski definition) is 3. The number of aryl methyl sites for hydroxylation is 1. The standard InChI is InChI=1S/C27H31ClN2O4/c28-23-16-20(8-7-19(23)9-12-25(31)29-14-13-26(32)33)22(15-17-3-1-2-4-17)24-11-10-21(18-5-6-18)27(34)30-24/h7-8,10-11,15-18H,1-6,9,12-14H2,(H,29,31)(H,30,34)(H,32,33)/b22-15+. The minimum atomic E-state index is -0.941. The van der Waals surface area contributed by atoms with Gasteiger partial charge in [-0.2, -0.15) is 0 Å². The molecule has 0 unspecified atom stereocenters. The van der Waals surface area contributed by atoms with Crippen LogP contribution in [0.25, 0.3) is 5.57 Å². The second kappa shape index (κ2) is 11.0. The first-order valence-electron chi connectivity index (χ1n) is 12.1. The van der Waals surface area contributed by atoms with Crippen LogP contribution in [0, 0.1) is 5.92 Å². The maximum absolute atomic E-state index is 12.7. The van der Waals surface area contributed by atoms with Crippen molar-refractivity contribution in [3.05, 3.63) is 74.2 Å². The molecule has 2 fully saturated rings. The van der Waals surface area contributed by atoms with Crippen LogP contribution in [0.4, 0.5) is 0 Å². The molecule has 0 spiro atoms. The number of aromatic nitrogens is 1. The number of carboxylic acids is 1. The van der Waals surface area contributed by atoms with Crippen molar-refractivity contribution in [2.75, 3.05) is 6.54 Å². The van der Waals surface area contributed by atoms with Crippen LogP contribution in [0.3, 0.4) is 0 Å². The molecule has 0 saturated heterocycles. The number of hydrogen-bond donors (Lipinski definition) is 3. The quantitative estimate of drug-likeness (QED) is 0.441. The largest absolute Gasteiger partial charge is 0.481 e. The van der Waals surface area contributed by atoms with Gasteiger partial charge in [0.1, 0.15) is 0 Å². The molecule has 0 aliphatic heterocycles. The van der Waals surface area contributed by atoms with E-state index in [2.05, 4.69) is 16.4 Å². The lowest BCUT2D eigenvalue weighted by atomic mass is 9.94. The molecule has 0 radical (unpaired) electrons. The minimum absolute atomic E-state index is 0.00560. The number of carboxylic acid groups (broad SMARTS) is 1. The molecule has 2 aliphatic rings. The zero-order valence-corrected chi connectivity index (χ0v) is 20.0. The summed E-state index contributed by atoms with van der Waals surface area (Å²) in [6.07, 6.45) is 9.79. The van der Waals surface area contributed by atoms with E-state index in [4.69, 9.17) is 16.7 Å². The van der Waals surface area contributed by atoms with Gasteiger partial charge in [0.15, 0.2) is 0 Å². The Labute approximate surface area is 204 Å². The van der Waals surface area contributed by atoms with E-state index >= 15 is 0 Å². The fourth-order valence-electron chi connectivity index (χ4n) is 4.62. The predicted octanol–water partition coefficient (Wildman–Crippen LogP) is 5.05. The van der Waals surface area contributed by atoms with E-state index in [1.807, 2.05) is 30.3 Å². The maximum atomic E-state index is 12.7. The molecule has 0 bridgehead atoms. The Balaban J connectivity index is 1.52. The topological polar surface area (TPSA) is 99.3 Å². The summed E-state index contributed by atoms with van der Waals surface area (Å²) in [5.41, 5.74) is 4.47. The third-order valence-electron chi connectivity index (χ3n) is 6.70. The molecular weight excluding hydrogens is 452 g/mol. The highest BCUT2D eigenvalue weighted by atomic mass is 35.5. The lowest BCUT2D eigenvalue weighted by molar-refractivity contribution is -0.136. The Morgan fingerprint density at radius 1 is 1.09 bits per heavy atom. The van der Waals surface area contributed by atoms with Crippen LogP contribution in [0.2, 0.25) is 5.02 Å². The molecular formula is C27H31ClN2O4. The zero-order valence-electron chi connectivity index (χ0n) is 19.2. The molecule has 7 heteroatoms. The average molecular weight is 483 g/mol. The molecule has 0 atom stereocenters. The first kappa shape index (κ1) is 24.3. The van der Waals surface area contributed by atoms with E-state index in [0.29, 0.717) is 23.3 Å². The summed E-state index contributed by atoms with van der Waals surface area (Å²) in [7, 11) is 0. The lowest BCUT2D eigenvalue weighted by Gasteiger charge is -2.14. The van der Waals surface area contributed by atoms with Gasteiger partial charge in [-0.15, -0.1) is 0 Å². The molecule has 2 aromatic rings. The van der Waals surface area contributed by atoms with Crippen molar-refractivity contribution in [3.8, 4) is 0 Å². The molecule has 1 aromatic heterocycles. The molecule has 180 valence electrons. The first-order valence-corrected chi connectivity index (χ1v) is 12.5. The van der Waals surface area contributed by atoms with Gasteiger partial charge in [0.25, 0.3) is 5.56 Å². The Kier molecular flexibility index (Phi) is 7.88. The SMILES string of the molecule is O=C(O)CCNC(=O)CCc1ccc(/C(=C\C2CCCC2)c2ccc(C3CC3)c(=O)[nH]2)cc1Cl. The van der Waals surface area contributed by atoms with Gasteiger partial charge >= 0.3 is 5.97 Å². The van der Waals surface area contributed by atoms with Crippen LogP contribution < -0.4 is 10.9 Å². The summed E-state index contributed by atoms with van der Waals surface area (Å²) in [5.74, 6) is -0.259. The number of aliphatic carboxylic acids is 1. The van der Waals surface area contributed by atoms with Gasteiger partial charge in [-0.3, -0.25) is 14.4 Å². The van der Waals surface area contributed by atoms with Gasteiger partial charge in [0.2, 0.25) is 5.91 Å². The van der Waals surface area contributed by atoms with E-state index in [1.165, 1.54) is 12.8 Å². The number of carbonyl (C=O) groups excluding carboxylic acids is 1. The Bertz CT molecular complexity index is 1140. The monoisotopic (exact) mass is 482 g/mol. The number of carbonyl (C=O) groups is 2. The van der Waals surface area contributed by atoms with E-state index in [0.717, 1.165) is 53.6 Å². The van der Waals surface area contributed by atoms with Crippen molar-refractivity contribution in [1.29, 1.82) is 0 Å². The van der Waals surface area contributed by atoms with Crippen LogP contribution in [-0.2, 0) is 16.0 Å². The Morgan fingerprint density at radius 2 is 1.85 bits per heavy atom. The summed E-state index contributed by atoms with van der Waals surface area (Å²) >= 11 is 6.60. The number of nitrogens with one attached hydrogen (secondary N) is 2. The fraction of sp³-hybridized carbons (Fsp3) is 0.444. The summed E-state index contributed by atoms with van der Waals surface area (Å²) in [6.45, 7) is 0.119. The normalized spacial score (nSPS) is 16.6. The minimum Gasteiger partial charge on any atom is -0.481 e. The molecule has 4 rings (SSSR count). The molecule has 1 aromatic carbocycles. The first-order chi connectivity index (χ1) is 16.4. The maximum Gasteiger partial charge on any atom is 0.305 e. The number of aromatic amines is 1. The van der Waals surface area contributed by atoms with Crippen LogP contribution in [0.1, 0.15) is 79.7 Å². The van der Waals surface area contributed by atoms with E-state index in [1.54, 1.807) is 0 Å².